The molecule has 0 radical (unpaired) electrons. The Morgan fingerprint density at radius 2 is 1.80 bits per heavy atom. The molecule has 0 unspecified atom stereocenters. The number of rotatable bonds is 8. The molecule has 6 heteroatoms. The molecule has 0 aliphatic rings. The summed E-state index contributed by atoms with van der Waals surface area (Å²) in [4.78, 5) is 24.3. The van der Waals surface area contributed by atoms with Crippen molar-refractivity contribution in [1.29, 1.82) is 0 Å². The number of allylic oxidation sites excluding steroid dienone is 1. The van der Waals surface area contributed by atoms with Crippen LogP contribution in [0.2, 0.25) is 0 Å². The first kappa shape index (κ1) is 18.4. The molecule has 0 N–H and O–H groups in total. The van der Waals surface area contributed by atoms with E-state index in [1.165, 1.54) is 30.3 Å². The molecule has 0 aliphatic carbocycles. The summed E-state index contributed by atoms with van der Waals surface area (Å²) in [6, 6.07) is 13.4. The van der Waals surface area contributed by atoms with Gasteiger partial charge in [0.25, 0.3) is 5.69 Å². The van der Waals surface area contributed by atoms with Crippen LogP contribution in [0.3, 0.4) is 0 Å². The second-order valence-electron chi connectivity index (χ2n) is 5.51. The molecule has 0 aliphatic heterocycles. The monoisotopic (exact) mass is 340 g/mol. The molecule has 0 atom stereocenters. The van der Waals surface area contributed by atoms with Crippen LogP contribution in [0.15, 0.2) is 54.6 Å². The number of anilines is 1. The summed E-state index contributed by atoms with van der Waals surface area (Å²) in [6.45, 7) is 1.45. The maximum Gasteiger partial charge on any atom is 0.269 e. The molecule has 130 valence electrons. The lowest BCUT2D eigenvalue weighted by atomic mass is 10.1. The first-order chi connectivity index (χ1) is 12.0. The van der Waals surface area contributed by atoms with Gasteiger partial charge in [0.15, 0.2) is 5.78 Å². The Bertz CT molecular complexity index is 752. The van der Waals surface area contributed by atoms with Crippen molar-refractivity contribution in [2.75, 3.05) is 32.2 Å². The third-order valence-corrected chi connectivity index (χ3v) is 3.75. The van der Waals surface area contributed by atoms with E-state index in [1.807, 2.05) is 31.3 Å². The van der Waals surface area contributed by atoms with Gasteiger partial charge in [-0.05, 0) is 35.9 Å². The highest BCUT2D eigenvalue weighted by Gasteiger charge is 2.07. The van der Waals surface area contributed by atoms with Crippen LogP contribution in [0.1, 0.15) is 15.9 Å². The standard InChI is InChI=1S/C19H20N2O4/c1-20(13-14-25-2)17-8-3-15(4-9-17)5-12-19(22)16-6-10-18(11-7-16)21(23)24/h3-12H,13-14H2,1-2H3/b12-5+. The van der Waals surface area contributed by atoms with Gasteiger partial charge in [-0.3, -0.25) is 14.9 Å². The number of ether oxygens (including phenoxy) is 1. The van der Waals surface area contributed by atoms with Crippen LogP contribution < -0.4 is 4.90 Å². The maximum atomic E-state index is 12.1. The molecule has 0 heterocycles. The van der Waals surface area contributed by atoms with Crippen molar-refractivity contribution in [3.63, 3.8) is 0 Å². The molecule has 25 heavy (non-hydrogen) atoms. The van der Waals surface area contributed by atoms with Gasteiger partial charge in [-0.15, -0.1) is 0 Å². The molecule has 0 saturated heterocycles. The zero-order chi connectivity index (χ0) is 18.2. The van der Waals surface area contributed by atoms with Crippen molar-refractivity contribution in [2.24, 2.45) is 0 Å². The van der Waals surface area contributed by atoms with Crippen LogP contribution in [0, 0.1) is 10.1 Å². The van der Waals surface area contributed by atoms with Crippen LogP contribution in [0.4, 0.5) is 11.4 Å². The second-order valence-corrected chi connectivity index (χ2v) is 5.51. The SMILES string of the molecule is COCCN(C)c1ccc(/C=C/C(=O)c2ccc([N+](=O)[O-])cc2)cc1. The highest BCUT2D eigenvalue weighted by Crippen LogP contribution is 2.16. The molecule has 2 rings (SSSR count). The zero-order valence-corrected chi connectivity index (χ0v) is 14.2. The Morgan fingerprint density at radius 3 is 2.36 bits per heavy atom. The fraction of sp³-hybridized carbons (Fsp3) is 0.211. The number of ketones is 1. The largest absolute Gasteiger partial charge is 0.383 e. The molecule has 0 fully saturated rings. The van der Waals surface area contributed by atoms with Gasteiger partial charge in [-0.25, -0.2) is 0 Å². The number of benzene rings is 2. The summed E-state index contributed by atoms with van der Waals surface area (Å²) in [5, 5.41) is 10.6. The Balaban J connectivity index is 2.00. The number of carbonyl (C=O) groups is 1. The summed E-state index contributed by atoms with van der Waals surface area (Å²) in [5.41, 5.74) is 2.35. The van der Waals surface area contributed by atoms with Gasteiger partial charge < -0.3 is 9.64 Å². The summed E-state index contributed by atoms with van der Waals surface area (Å²) in [5.74, 6) is -0.198. The number of hydrogen-bond acceptors (Lipinski definition) is 5. The quantitative estimate of drug-likeness (QED) is 0.318. The Kier molecular flexibility index (Phi) is 6.42. The van der Waals surface area contributed by atoms with Crippen molar-refractivity contribution >= 4 is 23.2 Å². The lowest BCUT2D eigenvalue weighted by Crippen LogP contribution is -2.21. The third kappa shape index (κ3) is 5.26. The number of non-ortho nitro benzene ring substituents is 1. The first-order valence-corrected chi connectivity index (χ1v) is 7.78. The molecule has 2 aromatic rings. The summed E-state index contributed by atoms with van der Waals surface area (Å²) >= 11 is 0. The minimum absolute atomic E-state index is 0.0336. The molecule has 0 amide bonds. The van der Waals surface area contributed by atoms with Crippen molar-refractivity contribution in [2.45, 2.75) is 0 Å². The van der Waals surface area contributed by atoms with Crippen LogP contribution in [0.25, 0.3) is 6.08 Å². The van der Waals surface area contributed by atoms with Crippen molar-refractivity contribution in [3.8, 4) is 0 Å². The van der Waals surface area contributed by atoms with E-state index in [-0.39, 0.29) is 11.5 Å². The summed E-state index contributed by atoms with van der Waals surface area (Å²) < 4.78 is 5.06. The van der Waals surface area contributed by atoms with Crippen LogP contribution in [-0.4, -0.2) is 38.0 Å². The summed E-state index contributed by atoms with van der Waals surface area (Å²) in [7, 11) is 3.66. The van der Waals surface area contributed by atoms with Crippen molar-refractivity contribution in [3.05, 3.63) is 75.8 Å². The van der Waals surface area contributed by atoms with E-state index >= 15 is 0 Å². The number of hydrogen-bond donors (Lipinski definition) is 0. The number of carbonyl (C=O) groups excluding carboxylic acids is 1. The molecule has 0 bridgehead atoms. The normalized spacial score (nSPS) is 10.8. The average Bonchev–Trinajstić information content (AvgIpc) is 2.64. The predicted octanol–water partition coefficient (Wildman–Crippen LogP) is 3.57. The van der Waals surface area contributed by atoms with Crippen LogP contribution >= 0.6 is 0 Å². The molecule has 0 aromatic heterocycles. The van der Waals surface area contributed by atoms with Gasteiger partial charge in [0.1, 0.15) is 0 Å². The van der Waals surface area contributed by atoms with Gasteiger partial charge in [-0.1, -0.05) is 18.2 Å². The predicted molar refractivity (Wildman–Crippen MR) is 98.0 cm³/mol. The molecular formula is C19H20N2O4. The van der Waals surface area contributed by atoms with Crippen LogP contribution in [-0.2, 0) is 4.74 Å². The number of nitro groups is 1. The van der Waals surface area contributed by atoms with Crippen LogP contribution in [0.5, 0.6) is 0 Å². The number of methoxy groups -OCH3 is 1. The zero-order valence-electron chi connectivity index (χ0n) is 14.2. The van der Waals surface area contributed by atoms with E-state index in [2.05, 4.69) is 4.90 Å². The van der Waals surface area contributed by atoms with Crippen molar-refractivity contribution in [1.82, 2.24) is 0 Å². The van der Waals surface area contributed by atoms with Gasteiger partial charge >= 0.3 is 0 Å². The highest BCUT2D eigenvalue weighted by atomic mass is 16.6. The molecule has 0 saturated carbocycles. The second kappa shape index (κ2) is 8.75. The lowest BCUT2D eigenvalue weighted by Gasteiger charge is -2.18. The van der Waals surface area contributed by atoms with E-state index in [4.69, 9.17) is 4.74 Å². The maximum absolute atomic E-state index is 12.1. The Morgan fingerprint density at radius 1 is 1.16 bits per heavy atom. The topological polar surface area (TPSA) is 72.7 Å². The first-order valence-electron chi connectivity index (χ1n) is 7.78. The van der Waals surface area contributed by atoms with E-state index in [0.29, 0.717) is 12.2 Å². The van der Waals surface area contributed by atoms with Gasteiger partial charge in [0, 0.05) is 44.1 Å². The third-order valence-electron chi connectivity index (χ3n) is 3.75. The van der Waals surface area contributed by atoms with Crippen molar-refractivity contribution < 1.29 is 14.5 Å². The molecule has 2 aromatic carbocycles. The Hall–Kier alpha value is -2.99. The van der Waals surface area contributed by atoms with Gasteiger partial charge in [-0.2, -0.15) is 0 Å². The average molecular weight is 340 g/mol. The van der Waals surface area contributed by atoms with E-state index in [9.17, 15) is 14.9 Å². The lowest BCUT2D eigenvalue weighted by molar-refractivity contribution is -0.384. The molecule has 0 spiro atoms. The minimum Gasteiger partial charge on any atom is -0.383 e. The molecule has 6 nitrogen and oxygen atoms in total. The van der Waals surface area contributed by atoms with E-state index in [1.54, 1.807) is 13.2 Å². The Labute approximate surface area is 146 Å². The molecular weight excluding hydrogens is 320 g/mol. The smallest absolute Gasteiger partial charge is 0.269 e. The number of nitrogens with zero attached hydrogens (tertiary/aromatic N) is 2. The van der Waals surface area contributed by atoms with E-state index in [0.717, 1.165) is 17.8 Å². The number of likely N-dealkylation sites (N-methyl/N-ethyl adjacent to an activating group) is 1. The van der Waals surface area contributed by atoms with Gasteiger partial charge in [0.2, 0.25) is 0 Å². The summed E-state index contributed by atoms with van der Waals surface area (Å²) in [6.07, 6.45) is 3.19. The number of nitro benzene ring substituents is 1. The highest BCUT2D eigenvalue weighted by molar-refractivity contribution is 6.06. The fourth-order valence-electron chi connectivity index (χ4n) is 2.21. The fourth-order valence-corrected chi connectivity index (χ4v) is 2.21. The van der Waals surface area contributed by atoms with E-state index < -0.39 is 4.92 Å². The minimum atomic E-state index is -0.491. The van der Waals surface area contributed by atoms with Gasteiger partial charge in [0.05, 0.1) is 11.5 Å².